The first-order valence-corrected chi connectivity index (χ1v) is 5.54. The van der Waals surface area contributed by atoms with Gasteiger partial charge < -0.3 is 9.84 Å². The maximum absolute atomic E-state index is 10.6. The van der Waals surface area contributed by atoms with Crippen LogP contribution in [0.1, 0.15) is 6.92 Å². The van der Waals surface area contributed by atoms with E-state index < -0.39 is 5.97 Å². The third kappa shape index (κ3) is 2.85. The number of carboxylic acid groups (broad SMARTS) is 1. The monoisotopic (exact) mass is 243 g/mol. The fraction of sp³-hybridized carbons (Fsp3) is 0.143. The zero-order valence-corrected chi connectivity index (χ0v) is 9.96. The average molecular weight is 243 g/mol. The highest BCUT2D eigenvalue weighted by Gasteiger charge is 2.00. The second kappa shape index (κ2) is 5.31. The molecule has 0 aliphatic carbocycles. The van der Waals surface area contributed by atoms with Gasteiger partial charge in [0.25, 0.3) is 0 Å². The summed E-state index contributed by atoms with van der Waals surface area (Å²) in [4.78, 5) is 14.8. The van der Waals surface area contributed by atoms with Crippen LogP contribution >= 0.6 is 0 Å². The van der Waals surface area contributed by atoms with Crippen LogP contribution in [0.4, 0.5) is 0 Å². The summed E-state index contributed by atoms with van der Waals surface area (Å²) >= 11 is 0. The summed E-state index contributed by atoms with van der Waals surface area (Å²) in [6, 6.07) is 9.45. The summed E-state index contributed by atoms with van der Waals surface area (Å²) in [5.74, 6) is -0.255. The molecule has 2 rings (SSSR count). The van der Waals surface area contributed by atoms with Gasteiger partial charge in [-0.3, -0.25) is 4.98 Å². The molecule has 92 valence electrons. The first kappa shape index (κ1) is 12.1. The molecule has 18 heavy (non-hydrogen) atoms. The van der Waals surface area contributed by atoms with E-state index in [9.17, 15) is 4.79 Å². The van der Waals surface area contributed by atoms with Crippen molar-refractivity contribution >= 4 is 16.9 Å². The van der Waals surface area contributed by atoms with Gasteiger partial charge in [0.15, 0.2) is 0 Å². The lowest BCUT2D eigenvalue weighted by atomic mass is 10.2. The van der Waals surface area contributed by atoms with Crippen molar-refractivity contribution in [2.45, 2.75) is 6.92 Å². The molecule has 4 heteroatoms. The van der Waals surface area contributed by atoms with Crippen LogP contribution in [0, 0.1) is 0 Å². The van der Waals surface area contributed by atoms with Gasteiger partial charge in [0, 0.05) is 23.2 Å². The SMILES string of the molecule is C/C(=C/COc1ccc2cccnc2c1)C(=O)O. The topological polar surface area (TPSA) is 59.4 Å². The number of hydrogen-bond acceptors (Lipinski definition) is 3. The van der Waals surface area contributed by atoms with Crippen LogP contribution in [0.25, 0.3) is 10.9 Å². The lowest BCUT2D eigenvalue weighted by molar-refractivity contribution is -0.132. The highest BCUT2D eigenvalue weighted by Crippen LogP contribution is 2.18. The number of aromatic nitrogens is 1. The number of carbonyl (C=O) groups is 1. The average Bonchev–Trinajstić information content (AvgIpc) is 2.38. The van der Waals surface area contributed by atoms with Crippen LogP contribution < -0.4 is 4.74 Å². The molecule has 0 saturated heterocycles. The first-order valence-electron chi connectivity index (χ1n) is 5.54. The predicted octanol–water partition coefficient (Wildman–Crippen LogP) is 2.64. The summed E-state index contributed by atoms with van der Waals surface area (Å²) in [7, 11) is 0. The number of rotatable bonds is 4. The molecule has 0 aliphatic heterocycles. The Bertz CT molecular complexity index is 605. The lowest BCUT2D eigenvalue weighted by Gasteiger charge is -2.04. The number of fused-ring (bicyclic) bond motifs is 1. The molecule has 0 spiro atoms. The molecule has 0 aliphatic rings. The van der Waals surface area contributed by atoms with Gasteiger partial charge in [-0.1, -0.05) is 6.07 Å². The van der Waals surface area contributed by atoms with E-state index in [-0.39, 0.29) is 12.2 Å². The van der Waals surface area contributed by atoms with Crippen LogP contribution in [0.5, 0.6) is 5.75 Å². The minimum absolute atomic E-state index is 0.233. The number of hydrogen-bond donors (Lipinski definition) is 1. The molecule has 0 unspecified atom stereocenters. The van der Waals surface area contributed by atoms with Gasteiger partial charge in [-0.05, 0) is 31.2 Å². The van der Waals surface area contributed by atoms with Crippen LogP contribution in [0.15, 0.2) is 48.2 Å². The summed E-state index contributed by atoms with van der Waals surface area (Å²) < 4.78 is 5.46. The van der Waals surface area contributed by atoms with E-state index in [0.717, 1.165) is 10.9 Å². The number of benzene rings is 1. The van der Waals surface area contributed by atoms with Gasteiger partial charge in [-0.25, -0.2) is 4.79 Å². The van der Waals surface area contributed by atoms with Gasteiger partial charge in [-0.2, -0.15) is 0 Å². The Hall–Kier alpha value is -2.36. The zero-order valence-electron chi connectivity index (χ0n) is 9.96. The number of aliphatic carboxylic acids is 1. The molecule has 0 saturated carbocycles. The molecular weight excluding hydrogens is 230 g/mol. The smallest absolute Gasteiger partial charge is 0.331 e. The molecule has 1 N–H and O–H groups in total. The van der Waals surface area contributed by atoms with Gasteiger partial charge in [-0.15, -0.1) is 0 Å². The molecule has 4 nitrogen and oxygen atoms in total. The minimum atomic E-state index is -0.932. The summed E-state index contributed by atoms with van der Waals surface area (Å²) in [5.41, 5.74) is 1.13. The van der Waals surface area contributed by atoms with E-state index in [1.54, 1.807) is 6.20 Å². The molecule has 0 fully saturated rings. The Kier molecular flexibility index (Phi) is 3.57. The van der Waals surface area contributed by atoms with Crippen molar-refractivity contribution in [3.05, 3.63) is 48.2 Å². The molecule has 1 aromatic heterocycles. The molecule has 1 aromatic carbocycles. The minimum Gasteiger partial charge on any atom is -0.489 e. The van der Waals surface area contributed by atoms with Crippen molar-refractivity contribution in [2.75, 3.05) is 6.61 Å². The van der Waals surface area contributed by atoms with Gasteiger partial charge in [0.1, 0.15) is 12.4 Å². The number of pyridine rings is 1. The maximum atomic E-state index is 10.6. The Morgan fingerprint density at radius 3 is 3.06 bits per heavy atom. The van der Waals surface area contributed by atoms with E-state index in [0.29, 0.717) is 5.75 Å². The Morgan fingerprint density at radius 1 is 1.44 bits per heavy atom. The number of ether oxygens (including phenoxy) is 1. The normalized spacial score (nSPS) is 11.5. The largest absolute Gasteiger partial charge is 0.489 e. The van der Waals surface area contributed by atoms with Crippen LogP contribution in [-0.2, 0) is 4.79 Å². The molecule has 2 aromatic rings. The Balaban J connectivity index is 2.08. The molecule has 0 radical (unpaired) electrons. The first-order chi connectivity index (χ1) is 8.66. The number of nitrogens with zero attached hydrogens (tertiary/aromatic N) is 1. The van der Waals surface area contributed by atoms with Crippen molar-refractivity contribution in [3.8, 4) is 5.75 Å². The maximum Gasteiger partial charge on any atom is 0.331 e. The zero-order chi connectivity index (χ0) is 13.0. The summed E-state index contributed by atoms with van der Waals surface area (Å²) in [6.07, 6.45) is 3.26. The second-order valence-corrected chi connectivity index (χ2v) is 3.86. The van der Waals surface area contributed by atoms with Crippen LogP contribution in [0.2, 0.25) is 0 Å². The van der Waals surface area contributed by atoms with Crippen molar-refractivity contribution in [1.29, 1.82) is 0 Å². The summed E-state index contributed by atoms with van der Waals surface area (Å²) in [6.45, 7) is 1.77. The Morgan fingerprint density at radius 2 is 2.28 bits per heavy atom. The third-order valence-electron chi connectivity index (χ3n) is 2.55. The molecule has 0 amide bonds. The third-order valence-corrected chi connectivity index (χ3v) is 2.55. The standard InChI is InChI=1S/C14H13NO3/c1-10(14(16)17)6-8-18-12-5-4-11-3-2-7-15-13(11)9-12/h2-7,9H,8H2,1H3,(H,16,17)/b10-6-. The molecule has 0 atom stereocenters. The fourth-order valence-electron chi connectivity index (χ4n) is 1.49. The number of carboxylic acids is 1. The Labute approximate surface area is 105 Å². The van der Waals surface area contributed by atoms with Crippen molar-refractivity contribution < 1.29 is 14.6 Å². The van der Waals surface area contributed by atoms with E-state index in [1.165, 1.54) is 13.0 Å². The molecule has 0 bridgehead atoms. The van der Waals surface area contributed by atoms with Crippen LogP contribution in [-0.4, -0.2) is 22.7 Å². The van der Waals surface area contributed by atoms with Gasteiger partial charge in [0.2, 0.25) is 0 Å². The van der Waals surface area contributed by atoms with E-state index in [1.807, 2.05) is 30.3 Å². The summed E-state index contributed by atoms with van der Waals surface area (Å²) in [5, 5.41) is 9.73. The second-order valence-electron chi connectivity index (χ2n) is 3.86. The predicted molar refractivity (Wildman–Crippen MR) is 68.6 cm³/mol. The van der Waals surface area contributed by atoms with Crippen molar-refractivity contribution in [2.24, 2.45) is 0 Å². The van der Waals surface area contributed by atoms with Crippen molar-refractivity contribution in [1.82, 2.24) is 4.98 Å². The molecular formula is C14H13NO3. The van der Waals surface area contributed by atoms with Gasteiger partial charge in [0.05, 0.1) is 5.52 Å². The van der Waals surface area contributed by atoms with E-state index in [2.05, 4.69) is 4.98 Å². The highest BCUT2D eigenvalue weighted by atomic mass is 16.5. The van der Waals surface area contributed by atoms with Crippen LogP contribution in [0.3, 0.4) is 0 Å². The lowest BCUT2D eigenvalue weighted by Crippen LogP contribution is -2.00. The quantitative estimate of drug-likeness (QED) is 0.838. The fourth-order valence-corrected chi connectivity index (χ4v) is 1.49. The van der Waals surface area contributed by atoms with E-state index in [4.69, 9.17) is 9.84 Å². The van der Waals surface area contributed by atoms with Crippen molar-refractivity contribution in [3.63, 3.8) is 0 Å². The highest BCUT2D eigenvalue weighted by molar-refractivity contribution is 5.85. The van der Waals surface area contributed by atoms with Gasteiger partial charge >= 0.3 is 5.97 Å². The van der Waals surface area contributed by atoms with E-state index >= 15 is 0 Å². The molecule has 1 heterocycles.